The standard InChI is InChI=1S/C12H27N3O/c1-14(2)7-5-4-6-13-10-12-11-15(3)8-9-16-12/h12-13H,4-11H2,1-3H3. The lowest BCUT2D eigenvalue weighted by atomic mass is 10.2. The Balaban J connectivity index is 1.90. The number of hydrogen-bond acceptors (Lipinski definition) is 4. The molecule has 1 saturated heterocycles. The Morgan fingerprint density at radius 1 is 1.38 bits per heavy atom. The number of unbranched alkanes of at least 4 members (excludes halogenated alkanes) is 1. The Kier molecular flexibility index (Phi) is 6.96. The Morgan fingerprint density at radius 2 is 2.19 bits per heavy atom. The van der Waals surface area contributed by atoms with Crippen LogP contribution in [0, 0.1) is 0 Å². The number of hydrogen-bond donors (Lipinski definition) is 1. The van der Waals surface area contributed by atoms with E-state index in [9.17, 15) is 0 Å². The van der Waals surface area contributed by atoms with Crippen molar-refractivity contribution >= 4 is 0 Å². The Labute approximate surface area is 99.9 Å². The second-order valence-electron chi connectivity index (χ2n) is 4.97. The summed E-state index contributed by atoms with van der Waals surface area (Å²) in [5, 5.41) is 3.48. The van der Waals surface area contributed by atoms with Crippen molar-refractivity contribution in [3.63, 3.8) is 0 Å². The second kappa shape index (κ2) is 8.01. The quantitative estimate of drug-likeness (QED) is 0.633. The molecule has 4 heteroatoms. The van der Waals surface area contributed by atoms with Gasteiger partial charge in [-0.3, -0.25) is 0 Å². The molecule has 0 aliphatic carbocycles. The summed E-state index contributed by atoms with van der Waals surface area (Å²) >= 11 is 0. The van der Waals surface area contributed by atoms with Crippen molar-refractivity contribution in [3.8, 4) is 0 Å². The van der Waals surface area contributed by atoms with E-state index in [4.69, 9.17) is 4.74 Å². The Morgan fingerprint density at radius 3 is 2.88 bits per heavy atom. The van der Waals surface area contributed by atoms with Crippen LogP contribution in [-0.2, 0) is 4.74 Å². The molecule has 1 unspecified atom stereocenters. The summed E-state index contributed by atoms with van der Waals surface area (Å²) in [6.07, 6.45) is 2.90. The summed E-state index contributed by atoms with van der Waals surface area (Å²) in [6.45, 7) is 6.29. The van der Waals surface area contributed by atoms with E-state index in [1.54, 1.807) is 0 Å². The maximum atomic E-state index is 5.68. The fourth-order valence-electron chi connectivity index (χ4n) is 1.93. The number of morpholine rings is 1. The summed E-state index contributed by atoms with van der Waals surface area (Å²) in [5.41, 5.74) is 0. The molecule has 1 rings (SSSR count). The predicted molar refractivity (Wildman–Crippen MR) is 67.9 cm³/mol. The zero-order chi connectivity index (χ0) is 11.8. The minimum Gasteiger partial charge on any atom is -0.374 e. The van der Waals surface area contributed by atoms with Crippen molar-refractivity contribution in [1.29, 1.82) is 0 Å². The molecule has 0 aromatic heterocycles. The van der Waals surface area contributed by atoms with E-state index < -0.39 is 0 Å². The Bertz CT molecular complexity index is 176. The molecule has 16 heavy (non-hydrogen) atoms. The third-order valence-electron chi connectivity index (χ3n) is 2.92. The molecule has 1 aliphatic heterocycles. The van der Waals surface area contributed by atoms with Gasteiger partial charge in [-0.1, -0.05) is 0 Å². The van der Waals surface area contributed by atoms with Gasteiger partial charge in [-0.05, 0) is 47.1 Å². The third-order valence-corrected chi connectivity index (χ3v) is 2.92. The van der Waals surface area contributed by atoms with Crippen molar-refractivity contribution in [2.24, 2.45) is 0 Å². The summed E-state index contributed by atoms with van der Waals surface area (Å²) in [4.78, 5) is 4.57. The smallest absolute Gasteiger partial charge is 0.0826 e. The molecular formula is C12H27N3O. The highest BCUT2D eigenvalue weighted by Gasteiger charge is 2.16. The van der Waals surface area contributed by atoms with Crippen LogP contribution in [0.2, 0.25) is 0 Å². The van der Waals surface area contributed by atoms with Crippen molar-refractivity contribution in [1.82, 2.24) is 15.1 Å². The van der Waals surface area contributed by atoms with Crippen LogP contribution in [-0.4, -0.2) is 76.4 Å². The topological polar surface area (TPSA) is 27.7 Å². The number of nitrogens with zero attached hydrogens (tertiary/aromatic N) is 2. The average Bonchev–Trinajstić information content (AvgIpc) is 2.23. The van der Waals surface area contributed by atoms with Crippen LogP contribution in [0.15, 0.2) is 0 Å². The molecule has 0 radical (unpaired) electrons. The molecule has 96 valence electrons. The van der Waals surface area contributed by atoms with Crippen molar-refractivity contribution < 1.29 is 4.74 Å². The van der Waals surface area contributed by atoms with E-state index in [0.717, 1.165) is 32.8 Å². The molecule has 0 amide bonds. The first kappa shape index (κ1) is 13.9. The van der Waals surface area contributed by atoms with Crippen LogP contribution >= 0.6 is 0 Å². The minimum atomic E-state index is 0.382. The van der Waals surface area contributed by atoms with Crippen LogP contribution in [0.5, 0.6) is 0 Å². The molecular weight excluding hydrogens is 202 g/mol. The summed E-state index contributed by atoms with van der Waals surface area (Å²) < 4.78 is 5.68. The minimum absolute atomic E-state index is 0.382. The van der Waals surface area contributed by atoms with E-state index in [1.807, 2.05) is 0 Å². The molecule has 0 aromatic rings. The molecule has 1 fully saturated rings. The monoisotopic (exact) mass is 229 g/mol. The average molecular weight is 229 g/mol. The summed E-state index contributed by atoms with van der Waals surface area (Å²) in [6, 6.07) is 0. The van der Waals surface area contributed by atoms with E-state index >= 15 is 0 Å². The van der Waals surface area contributed by atoms with Gasteiger partial charge < -0.3 is 19.9 Å². The van der Waals surface area contributed by atoms with Gasteiger partial charge in [0.2, 0.25) is 0 Å². The lowest BCUT2D eigenvalue weighted by Crippen LogP contribution is -2.45. The highest BCUT2D eigenvalue weighted by Crippen LogP contribution is 2.01. The van der Waals surface area contributed by atoms with Gasteiger partial charge in [0, 0.05) is 19.6 Å². The highest BCUT2D eigenvalue weighted by molar-refractivity contribution is 4.70. The number of ether oxygens (including phenoxy) is 1. The number of nitrogens with one attached hydrogen (secondary N) is 1. The predicted octanol–water partition coefficient (Wildman–Crippen LogP) is 0.248. The normalized spacial score (nSPS) is 22.9. The van der Waals surface area contributed by atoms with Gasteiger partial charge in [0.05, 0.1) is 12.7 Å². The molecule has 0 saturated carbocycles. The van der Waals surface area contributed by atoms with Gasteiger partial charge in [0.15, 0.2) is 0 Å². The summed E-state index contributed by atoms with van der Waals surface area (Å²) in [5.74, 6) is 0. The zero-order valence-electron chi connectivity index (χ0n) is 11.0. The van der Waals surface area contributed by atoms with Gasteiger partial charge >= 0.3 is 0 Å². The highest BCUT2D eigenvalue weighted by atomic mass is 16.5. The number of likely N-dealkylation sites (N-methyl/N-ethyl adjacent to an activating group) is 1. The van der Waals surface area contributed by atoms with Crippen molar-refractivity contribution in [2.45, 2.75) is 18.9 Å². The molecule has 0 spiro atoms. The zero-order valence-corrected chi connectivity index (χ0v) is 11.0. The first-order chi connectivity index (χ1) is 7.68. The van der Waals surface area contributed by atoms with Crippen molar-refractivity contribution in [3.05, 3.63) is 0 Å². The molecule has 1 heterocycles. The maximum absolute atomic E-state index is 5.68. The van der Waals surface area contributed by atoms with E-state index in [-0.39, 0.29) is 0 Å². The van der Waals surface area contributed by atoms with Crippen LogP contribution in [0.1, 0.15) is 12.8 Å². The third kappa shape index (κ3) is 6.43. The molecule has 1 atom stereocenters. The van der Waals surface area contributed by atoms with Gasteiger partial charge in [-0.15, -0.1) is 0 Å². The molecule has 4 nitrogen and oxygen atoms in total. The lowest BCUT2D eigenvalue weighted by molar-refractivity contribution is -0.0180. The van der Waals surface area contributed by atoms with E-state index in [0.29, 0.717) is 6.10 Å². The molecule has 0 bridgehead atoms. The van der Waals surface area contributed by atoms with E-state index in [1.165, 1.54) is 19.4 Å². The van der Waals surface area contributed by atoms with Crippen LogP contribution in [0.4, 0.5) is 0 Å². The first-order valence-electron chi connectivity index (χ1n) is 6.34. The van der Waals surface area contributed by atoms with E-state index in [2.05, 4.69) is 36.3 Å². The lowest BCUT2D eigenvalue weighted by Gasteiger charge is -2.30. The maximum Gasteiger partial charge on any atom is 0.0826 e. The van der Waals surface area contributed by atoms with Gasteiger partial charge in [0.25, 0.3) is 0 Å². The first-order valence-corrected chi connectivity index (χ1v) is 6.34. The van der Waals surface area contributed by atoms with Crippen LogP contribution < -0.4 is 5.32 Å². The van der Waals surface area contributed by atoms with Crippen molar-refractivity contribution in [2.75, 3.05) is 60.5 Å². The number of rotatable bonds is 7. The van der Waals surface area contributed by atoms with Crippen LogP contribution in [0.25, 0.3) is 0 Å². The van der Waals surface area contributed by atoms with Gasteiger partial charge in [-0.25, -0.2) is 0 Å². The summed E-state index contributed by atoms with van der Waals surface area (Å²) in [7, 11) is 6.41. The fraction of sp³-hybridized carbons (Fsp3) is 1.00. The fourth-order valence-corrected chi connectivity index (χ4v) is 1.93. The second-order valence-corrected chi connectivity index (χ2v) is 4.97. The van der Waals surface area contributed by atoms with Gasteiger partial charge in [0.1, 0.15) is 0 Å². The van der Waals surface area contributed by atoms with Crippen LogP contribution in [0.3, 0.4) is 0 Å². The largest absolute Gasteiger partial charge is 0.374 e. The molecule has 1 N–H and O–H groups in total. The van der Waals surface area contributed by atoms with Gasteiger partial charge in [-0.2, -0.15) is 0 Å². The SMILES string of the molecule is CN(C)CCCCNCC1CN(C)CCO1. The molecule has 0 aromatic carbocycles. The Hall–Kier alpha value is -0.160. The molecule has 1 aliphatic rings.